The largest absolute Gasteiger partial charge is 0.477 e. The quantitative estimate of drug-likeness (QED) is 0.716. The highest BCUT2D eigenvalue weighted by Gasteiger charge is 2.69. The second kappa shape index (κ2) is 6.32. The molecule has 1 amide bonds. The van der Waals surface area contributed by atoms with Gasteiger partial charge < -0.3 is 10.2 Å². The Morgan fingerprint density at radius 3 is 2.87 bits per heavy atom. The van der Waals surface area contributed by atoms with Gasteiger partial charge in [-0.3, -0.25) is 9.69 Å². The Morgan fingerprint density at radius 1 is 1.61 bits per heavy atom. The van der Waals surface area contributed by atoms with Gasteiger partial charge in [0.1, 0.15) is 5.92 Å². The Labute approximate surface area is 149 Å². The molecule has 10 heteroatoms. The van der Waals surface area contributed by atoms with E-state index in [1.165, 1.54) is 51.5 Å². The normalized spacial score (nSPS) is 27.9. The Kier molecular flexibility index (Phi) is 4.71. The first-order valence-corrected chi connectivity index (χ1v) is 10.3. The number of thioether (sulfide) groups is 3. The summed E-state index contributed by atoms with van der Waals surface area (Å²) in [6.07, 6.45) is 0.826. The fraction of sp³-hybridized carbons (Fsp3) is 0.462. The molecule has 1 aromatic heterocycles. The van der Waals surface area contributed by atoms with Gasteiger partial charge >= 0.3 is 5.97 Å². The molecule has 124 valence electrons. The van der Waals surface area contributed by atoms with Crippen molar-refractivity contribution in [2.45, 2.75) is 28.5 Å². The zero-order valence-corrected chi connectivity index (χ0v) is 15.5. The van der Waals surface area contributed by atoms with Crippen molar-refractivity contribution in [1.29, 1.82) is 0 Å². The molecule has 2 aliphatic heterocycles. The maximum absolute atomic E-state index is 12.4. The van der Waals surface area contributed by atoms with Crippen molar-refractivity contribution in [3.05, 3.63) is 21.5 Å². The van der Waals surface area contributed by atoms with Crippen molar-refractivity contribution in [1.82, 2.24) is 9.88 Å². The minimum absolute atomic E-state index is 0.00181. The van der Waals surface area contributed by atoms with Gasteiger partial charge in [-0.15, -0.1) is 23.1 Å². The van der Waals surface area contributed by atoms with Gasteiger partial charge in [0, 0.05) is 11.6 Å². The van der Waals surface area contributed by atoms with Gasteiger partial charge in [0.2, 0.25) is 5.91 Å². The Morgan fingerprint density at radius 2 is 2.35 bits per heavy atom. The molecule has 3 heterocycles. The first kappa shape index (κ1) is 17.2. The summed E-state index contributed by atoms with van der Waals surface area (Å²) in [5.41, 5.74) is -0.00181. The van der Waals surface area contributed by atoms with E-state index in [1.54, 1.807) is 13.1 Å². The topological polar surface area (TPSA) is 90.7 Å². The van der Waals surface area contributed by atoms with E-state index in [0.29, 0.717) is 9.99 Å². The molecule has 0 radical (unpaired) electrons. The van der Waals surface area contributed by atoms with Gasteiger partial charge in [0.25, 0.3) is 0 Å². The van der Waals surface area contributed by atoms with Crippen molar-refractivity contribution >= 4 is 58.5 Å². The smallest absolute Gasteiger partial charge is 0.354 e. The third-order valence-electron chi connectivity index (χ3n) is 3.47. The lowest BCUT2D eigenvalue weighted by Crippen LogP contribution is -2.68. The molecule has 0 bridgehead atoms. The van der Waals surface area contributed by atoms with Gasteiger partial charge in [-0.25, -0.2) is 9.78 Å². The standard InChI is InChI=1S/C13H14N2O4S4/c1-3-21-13-7(6(2)16)9(17)15(13)8(10(18)19)11(23-13)22-12-14-4-5-20-12/h4-7,16H,3H2,1-2H3,(H,18,19)/t6?,7-,13+/m0/s1. The summed E-state index contributed by atoms with van der Waals surface area (Å²) >= 11 is 5.51. The fourth-order valence-electron chi connectivity index (χ4n) is 2.66. The van der Waals surface area contributed by atoms with Crippen molar-refractivity contribution in [2.24, 2.45) is 5.92 Å². The molecule has 2 N–H and O–H groups in total. The lowest BCUT2D eigenvalue weighted by atomic mass is 9.91. The number of carboxylic acids is 1. The molecule has 0 aromatic carbocycles. The summed E-state index contributed by atoms with van der Waals surface area (Å²) in [6, 6.07) is 0. The van der Waals surface area contributed by atoms with Crippen LogP contribution in [0.4, 0.5) is 0 Å². The van der Waals surface area contributed by atoms with Crippen LogP contribution in [0, 0.1) is 5.92 Å². The van der Waals surface area contributed by atoms with Crippen LogP contribution in [-0.4, -0.2) is 48.0 Å². The maximum Gasteiger partial charge on any atom is 0.354 e. The van der Waals surface area contributed by atoms with Crippen LogP contribution in [0.15, 0.2) is 25.9 Å². The molecule has 1 unspecified atom stereocenters. The average Bonchev–Trinajstić information content (AvgIpc) is 3.04. The van der Waals surface area contributed by atoms with E-state index in [4.69, 9.17) is 0 Å². The Hall–Kier alpha value is -0.680. The predicted molar refractivity (Wildman–Crippen MR) is 93.1 cm³/mol. The number of carboxylic acid groups (broad SMARTS) is 1. The summed E-state index contributed by atoms with van der Waals surface area (Å²) in [4.78, 5) is 29.7. The van der Waals surface area contributed by atoms with Crippen molar-refractivity contribution in [3.8, 4) is 0 Å². The SMILES string of the molecule is CCS[C@]12SC(Sc3nccs3)=C(C(=O)O)N1C(=O)[C@@H]2C(C)O. The summed E-state index contributed by atoms with van der Waals surface area (Å²) < 4.78 is 0.504. The van der Waals surface area contributed by atoms with Crippen LogP contribution in [-0.2, 0) is 9.59 Å². The van der Waals surface area contributed by atoms with Crippen molar-refractivity contribution in [3.63, 3.8) is 0 Å². The molecule has 0 spiro atoms. The molecule has 1 fully saturated rings. The van der Waals surface area contributed by atoms with E-state index >= 15 is 0 Å². The number of nitrogens with zero attached hydrogens (tertiary/aromatic N) is 2. The summed E-state index contributed by atoms with van der Waals surface area (Å²) in [5, 5.41) is 21.4. The van der Waals surface area contributed by atoms with Crippen LogP contribution < -0.4 is 0 Å². The van der Waals surface area contributed by atoms with E-state index in [0.717, 1.165) is 4.34 Å². The van der Waals surface area contributed by atoms with E-state index in [2.05, 4.69) is 4.98 Å². The number of carbonyl (C=O) groups excluding carboxylic acids is 1. The molecule has 1 aromatic rings. The third-order valence-corrected chi connectivity index (χ3v) is 8.59. The van der Waals surface area contributed by atoms with Crippen LogP contribution >= 0.6 is 46.6 Å². The van der Waals surface area contributed by atoms with Gasteiger partial charge in [-0.2, -0.15) is 0 Å². The minimum atomic E-state index is -1.13. The number of aromatic nitrogens is 1. The monoisotopic (exact) mass is 390 g/mol. The molecule has 0 aliphatic carbocycles. The van der Waals surface area contributed by atoms with Gasteiger partial charge in [0.05, 0.1) is 10.3 Å². The third kappa shape index (κ3) is 2.60. The first-order valence-electron chi connectivity index (χ1n) is 6.82. The first-order chi connectivity index (χ1) is 10.9. The highest BCUT2D eigenvalue weighted by Crippen LogP contribution is 2.66. The zero-order valence-electron chi connectivity index (χ0n) is 12.3. The Balaban J connectivity index is 2.00. The molecule has 23 heavy (non-hydrogen) atoms. The minimum Gasteiger partial charge on any atom is -0.477 e. The second-order valence-corrected chi connectivity index (χ2v) is 10.3. The number of rotatable bonds is 6. The van der Waals surface area contributed by atoms with E-state index in [-0.39, 0.29) is 11.6 Å². The van der Waals surface area contributed by atoms with E-state index in [1.807, 2.05) is 12.3 Å². The predicted octanol–water partition coefficient (Wildman–Crippen LogP) is 2.48. The number of carbonyl (C=O) groups is 2. The number of amides is 1. The number of hydrogen-bond donors (Lipinski definition) is 2. The number of aliphatic carboxylic acids is 1. The van der Waals surface area contributed by atoms with Crippen LogP contribution in [0.3, 0.4) is 0 Å². The molecule has 2 aliphatic rings. The zero-order chi connectivity index (χ0) is 16.8. The Bertz CT molecular complexity index is 676. The van der Waals surface area contributed by atoms with Crippen LogP contribution in [0.1, 0.15) is 13.8 Å². The number of β-lactam (4-membered cyclic amide) rings is 1. The van der Waals surface area contributed by atoms with E-state index in [9.17, 15) is 19.8 Å². The van der Waals surface area contributed by atoms with Gasteiger partial charge in [-0.05, 0) is 24.4 Å². The molecular formula is C13H14N2O4S4. The van der Waals surface area contributed by atoms with E-state index < -0.39 is 22.2 Å². The number of thiazole rings is 1. The summed E-state index contributed by atoms with van der Waals surface area (Å²) in [7, 11) is 0. The van der Waals surface area contributed by atoms with Crippen LogP contribution in [0.25, 0.3) is 0 Å². The van der Waals surface area contributed by atoms with Crippen LogP contribution in [0.2, 0.25) is 0 Å². The molecule has 3 atom stereocenters. The number of hydrogen-bond acceptors (Lipinski definition) is 8. The summed E-state index contributed by atoms with van der Waals surface area (Å²) in [5.74, 6) is -1.36. The molecule has 1 saturated heterocycles. The maximum atomic E-state index is 12.4. The van der Waals surface area contributed by atoms with Gasteiger partial charge in [-0.1, -0.05) is 18.7 Å². The lowest BCUT2D eigenvalue weighted by molar-refractivity contribution is -0.159. The highest BCUT2D eigenvalue weighted by molar-refractivity contribution is 8.29. The molecule has 3 rings (SSSR count). The second-order valence-electron chi connectivity index (χ2n) is 4.90. The fourth-order valence-corrected chi connectivity index (χ4v) is 8.56. The number of fused-ring (bicyclic) bond motifs is 1. The number of aliphatic hydroxyl groups is 1. The van der Waals surface area contributed by atoms with Crippen molar-refractivity contribution < 1.29 is 19.8 Å². The molecule has 0 saturated carbocycles. The molecule has 6 nitrogen and oxygen atoms in total. The summed E-state index contributed by atoms with van der Waals surface area (Å²) in [6.45, 7) is 3.53. The molecular weight excluding hydrogens is 376 g/mol. The van der Waals surface area contributed by atoms with Crippen molar-refractivity contribution in [2.75, 3.05) is 5.75 Å². The number of aliphatic hydroxyl groups excluding tert-OH is 1. The lowest BCUT2D eigenvalue weighted by Gasteiger charge is -2.53. The highest BCUT2D eigenvalue weighted by atomic mass is 32.2. The average molecular weight is 391 g/mol. The van der Waals surface area contributed by atoms with Crippen LogP contribution in [0.5, 0.6) is 0 Å². The van der Waals surface area contributed by atoms with Gasteiger partial charge in [0.15, 0.2) is 14.2 Å².